The lowest BCUT2D eigenvalue weighted by Crippen LogP contribution is -2.58. The summed E-state index contributed by atoms with van der Waals surface area (Å²) in [7, 11) is 1.26. The highest BCUT2D eigenvalue weighted by atomic mass is 35.5. The Bertz CT molecular complexity index is 987. The molecule has 3 rings (SSSR count). The Morgan fingerprint density at radius 1 is 1.18 bits per heavy atom. The number of imide groups is 2. The van der Waals surface area contributed by atoms with Gasteiger partial charge in [0.05, 0.1) is 24.0 Å². The number of urea groups is 1. The summed E-state index contributed by atoms with van der Waals surface area (Å²) in [5.41, 5.74) is 0.887. The van der Waals surface area contributed by atoms with Crippen LogP contribution in [0.5, 0.6) is 0 Å². The van der Waals surface area contributed by atoms with Crippen LogP contribution in [0.25, 0.3) is 0 Å². The zero-order valence-corrected chi connectivity index (χ0v) is 15.3. The first-order valence-electron chi connectivity index (χ1n) is 8.07. The van der Waals surface area contributed by atoms with Crippen molar-refractivity contribution in [3.05, 3.63) is 59.1 Å². The van der Waals surface area contributed by atoms with E-state index < -0.39 is 29.7 Å². The van der Waals surface area contributed by atoms with Gasteiger partial charge in [0.2, 0.25) is 5.91 Å². The number of halogens is 1. The molecule has 1 aliphatic rings. The molecule has 28 heavy (non-hydrogen) atoms. The molecule has 4 amide bonds. The van der Waals surface area contributed by atoms with E-state index in [0.29, 0.717) is 10.7 Å². The molecule has 0 saturated carbocycles. The van der Waals surface area contributed by atoms with Crippen molar-refractivity contribution in [2.45, 2.75) is 0 Å². The standard InChI is InChI=1S/C19H14ClN3O5/c1-28-18(26)11-3-2-4-13(9-11)21-10-15-16(24)22-19(27)23(17(15)25)14-7-5-12(20)6-8-14/h2-10,15H,1H3,(H,22,24,27)/t15-/m0/s1. The summed E-state index contributed by atoms with van der Waals surface area (Å²) in [5.74, 6) is -3.38. The number of ether oxygens (including phenoxy) is 1. The number of hydrogen-bond donors (Lipinski definition) is 1. The van der Waals surface area contributed by atoms with Crippen LogP contribution in [0.2, 0.25) is 5.02 Å². The van der Waals surface area contributed by atoms with Gasteiger partial charge in [-0.25, -0.2) is 14.5 Å². The van der Waals surface area contributed by atoms with E-state index in [4.69, 9.17) is 11.6 Å². The van der Waals surface area contributed by atoms with Crippen molar-refractivity contribution in [2.24, 2.45) is 10.9 Å². The number of methoxy groups -OCH3 is 1. The summed E-state index contributed by atoms with van der Waals surface area (Å²) in [5, 5.41) is 2.57. The quantitative estimate of drug-likeness (QED) is 0.483. The fourth-order valence-electron chi connectivity index (χ4n) is 2.55. The van der Waals surface area contributed by atoms with Gasteiger partial charge in [0.25, 0.3) is 5.91 Å². The minimum atomic E-state index is -1.31. The van der Waals surface area contributed by atoms with Crippen LogP contribution in [-0.2, 0) is 14.3 Å². The van der Waals surface area contributed by atoms with Crippen LogP contribution >= 0.6 is 11.6 Å². The highest BCUT2D eigenvalue weighted by molar-refractivity contribution is 6.33. The highest BCUT2D eigenvalue weighted by Crippen LogP contribution is 2.23. The van der Waals surface area contributed by atoms with E-state index in [9.17, 15) is 19.2 Å². The fraction of sp³-hybridized carbons (Fsp3) is 0.105. The number of esters is 1. The second kappa shape index (κ2) is 8.01. The maximum Gasteiger partial charge on any atom is 0.337 e. The number of hydrogen-bond acceptors (Lipinski definition) is 6. The minimum absolute atomic E-state index is 0.269. The number of anilines is 1. The Labute approximate surface area is 164 Å². The second-order valence-electron chi connectivity index (χ2n) is 5.74. The van der Waals surface area contributed by atoms with Gasteiger partial charge in [0, 0.05) is 11.2 Å². The molecule has 1 aliphatic heterocycles. The molecule has 0 aliphatic carbocycles. The summed E-state index contributed by atoms with van der Waals surface area (Å²) in [4.78, 5) is 53.5. The zero-order valence-electron chi connectivity index (χ0n) is 14.6. The van der Waals surface area contributed by atoms with E-state index in [2.05, 4.69) is 15.0 Å². The molecule has 142 valence electrons. The molecule has 2 aromatic rings. The molecular formula is C19H14ClN3O5. The van der Waals surface area contributed by atoms with Crippen LogP contribution in [0.3, 0.4) is 0 Å². The first-order chi connectivity index (χ1) is 13.4. The molecule has 9 heteroatoms. The molecule has 0 radical (unpaired) electrons. The minimum Gasteiger partial charge on any atom is -0.465 e. The van der Waals surface area contributed by atoms with Gasteiger partial charge >= 0.3 is 12.0 Å². The Morgan fingerprint density at radius 3 is 2.57 bits per heavy atom. The van der Waals surface area contributed by atoms with Gasteiger partial charge in [-0.1, -0.05) is 17.7 Å². The van der Waals surface area contributed by atoms with E-state index in [0.717, 1.165) is 11.1 Å². The number of barbiturate groups is 1. The smallest absolute Gasteiger partial charge is 0.337 e. The SMILES string of the molecule is COC(=O)c1cccc(N=C[C@H]2C(=O)NC(=O)N(c3ccc(Cl)cc3)C2=O)c1. The third kappa shape index (κ3) is 3.91. The van der Waals surface area contributed by atoms with Crippen LogP contribution in [0, 0.1) is 5.92 Å². The van der Waals surface area contributed by atoms with Gasteiger partial charge in [-0.3, -0.25) is 19.9 Å². The second-order valence-corrected chi connectivity index (χ2v) is 6.18. The lowest BCUT2D eigenvalue weighted by atomic mass is 10.1. The zero-order chi connectivity index (χ0) is 20.3. The molecule has 2 aromatic carbocycles. The van der Waals surface area contributed by atoms with Crippen molar-refractivity contribution in [3.63, 3.8) is 0 Å². The first-order valence-corrected chi connectivity index (χ1v) is 8.45. The van der Waals surface area contributed by atoms with E-state index in [-0.39, 0.29) is 11.3 Å². The molecule has 1 fully saturated rings. The summed E-state index contributed by atoms with van der Waals surface area (Å²) >= 11 is 5.83. The first kappa shape index (κ1) is 19.2. The van der Waals surface area contributed by atoms with Crippen LogP contribution < -0.4 is 10.2 Å². The lowest BCUT2D eigenvalue weighted by Gasteiger charge is -2.28. The lowest BCUT2D eigenvalue weighted by molar-refractivity contribution is -0.131. The van der Waals surface area contributed by atoms with Crippen molar-refractivity contribution in [2.75, 3.05) is 12.0 Å². The van der Waals surface area contributed by atoms with E-state index in [1.807, 2.05) is 0 Å². The van der Waals surface area contributed by atoms with Crippen molar-refractivity contribution in [1.82, 2.24) is 5.32 Å². The highest BCUT2D eigenvalue weighted by Gasteiger charge is 2.40. The molecule has 1 N–H and O–H groups in total. The fourth-order valence-corrected chi connectivity index (χ4v) is 2.67. The molecule has 0 aromatic heterocycles. The summed E-state index contributed by atoms with van der Waals surface area (Å²) in [6.07, 6.45) is 1.13. The maximum absolute atomic E-state index is 12.7. The number of carbonyl (C=O) groups excluding carboxylic acids is 4. The van der Waals surface area contributed by atoms with Crippen molar-refractivity contribution >= 4 is 53.0 Å². The third-order valence-corrected chi connectivity index (χ3v) is 4.18. The van der Waals surface area contributed by atoms with Gasteiger partial charge < -0.3 is 4.74 Å². The average Bonchev–Trinajstić information content (AvgIpc) is 2.68. The predicted molar refractivity (Wildman–Crippen MR) is 102 cm³/mol. The van der Waals surface area contributed by atoms with Gasteiger partial charge in [0.15, 0.2) is 5.92 Å². The van der Waals surface area contributed by atoms with Crippen molar-refractivity contribution in [1.29, 1.82) is 0 Å². The largest absolute Gasteiger partial charge is 0.465 e. The molecule has 1 saturated heterocycles. The molecule has 1 atom stereocenters. The summed E-state index contributed by atoms with van der Waals surface area (Å²) in [6, 6.07) is 11.4. The molecule has 0 unspecified atom stereocenters. The molecule has 1 heterocycles. The third-order valence-electron chi connectivity index (χ3n) is 3.93. The van der Waals surface area contributed by atoms with Gasteiger partial charge in [0.1, 0.15) is 0 Å². The van der Waals surface area contributed by atoms with E-state index >= 15 is 0 Å². The molecule has 8 nitrogen and oxygen atoms in total. The van der Waals surface area contributed by atoms with Gasteiger partial charge in [-0.15, -0.1) is 0 Å². The van der Waals surface area contributed by atoms with Crippen LogP contribution in [0.1, 0.15) is 10.4 Å². The van der Waals surface area contributed by atoms with Crippen molar-refractivity contribution < 1.29 is 23.9 Å². The summed E-state index contributed by atoms with van der Waals surface area (Å²) in [6.45, 7) is 0. The van der Waals surface area contributed by atoms with Crippen LogP contribution in [0.15, 0.2) is 53.5 Å². The predicted octanol–water partition coefficient (Wildman–Crippen LogP) is 2.73. The van der Waals surface area contributed by atoms with Crippen molar-refractivity contribution in [3.8, 4) is 0 Å². The van der Waals surface area contributed by atoms with Gasteiger partial charge in [-0.2, -0.15) is 0 Å². The maximum atomic E-state index is 12.7. The molecule has 0 spiro atoms. The van der Waals surface area contributed by atoms with Gasteiger partial charge in [-0.05, 0) is 42.5 Å². The summed E-state index contributed by atoms with van der Waals surface area (Å²) < 4.78 is 4.64. The number of nitrogens with zero attached hydrogens (tertiary/aromatic N) is 2. The Kier molecular flexibility index (Phi) is 5.51. The van der Waals surface area contributed by atoms with E-state index in [1.165, 1.54) is 37.4 Å². The topological polar surface area (TPSA) is 105 Å². The number of amides is 4. The number of carbonyl (C=O) groups is 4. The Balaban J connectivity index is 1.86. The number of rotatable bonds is 4. The average molecular weight is 400 g/mol. The normalized spacial score (nSPS) is 17.0. The molecule has 0 bridgehead atoms. The molecular weight excluding hydrogens is 386 g/mol. The van der Waals surface area contributed by atoms with Crippen LogP contribution in [0.4, 0.5) is 16.2 Å². The Morgan fingerprint density at radius 2 is 1.89 bits per heavy atom. The number of aliphatic imine (C=N–C) groups is 1. The number of benzene rings is 2. The van der Waals surface area contributed by atoms with Crippen LogP contribution in [-0.4, -0.2) is 37.1 Å². The monoisotopic (exact) mass is 399 g/mol. The Hall–Kier alpha value is -3.52. The number of nitrogens with one attached hydrogen (secondary N) is 1. The van der Waals surface area contributed by atoms with E-state index in [1.54, 1.807) is 18.2 Å².